The van der Waals surface area contributed by atoms with E-state index in [9.17, 15) is 43.5 Å². The third-order valence-corrected chi connectivity index (χ3v) is 20.5. The van der Waals surface area contributed by atoms with Crippen LogP contribution in [0, 0.1) is 0 Å². The molecule has 0 heterocycles. The molecule has 0 fully saturated rings. The molecule has 0 bridgehead atoms. The highest BCUT2D eigenvalue weighted by atomic mass is 31.2. The van der Waals surface area contributed by atoms with Crippen LogP contribution in [0.3, 0.4) is 0 Å². The summed E-state index contributed by atoms with van der Waals surface area (Å²) in [5.74, 6) is -1.62. The quantitative estimate of drug-likeness (QED) is 0.0146. The van der Waals surface area contributed by atoms with E-state index in [1.165, 1.54) is 122 Å². The molecule has 0 amide bonds. The van der Waals surface area contributed by atoms with Crippen LogP contribution < -0.4 is 0 Å². The number of carbonyl (C=O) groups is 3. The summed E-state index contributed by atoms with van der Waals surface area (Å²) in [5.41, 5.74) is 0. The molecule has 0 saturated carbocycles. The van der Waals surface area contributed by atoms with Gasteiger partial charge in [0.15, 0.2) is 6.10 Å². The first-order valence-corrected chi connectivity index (χ1v) is 48.1. The Morgan fingerprint density at radius 1 is 0.252 bits per heavy atom. The third kappa shape index (κ3) is 89.3. The van der Waals surface area contributed by atoms with Crippen LogP contribution in [0.1, 0.15) is 355 Å². The van der Waals surface area contributed by atoms with Crippen molar-refractivity contribution >= 4 is 33.6 Å². The van der Waals surface area contributed by atoms with Gasteiger partial charge in [0.2, 0.25) is 0 Å². The topological polar surface area (TPSA) is 231 Å². The first-order valence-electron chi connectivity index (χ1n) is 45.1. The summed E-state index contributed by atoms with van der Waals surface area (Å²) in [6.07, 6.45) is 115. The largest absolute Gasteiger partial charge is 0.472 e. The van der Waals surface area contributed by atoms with Crippen molar-refractivity contribution in [2.45, 2.75) is 373 Å². The lowest BCUT2D eigenvalue weighted by molar-refractivity contribution is -0.161. The third-order valence-electron chi connectivity index (χ3n) is 18.6. The fourth-order valence-electron chi connectivity index (χ4n) is 11.8. The van der Waals surface area contributed by atoms with Gasteiger partial charge in [-0.1, -0.05) is 357 Å². The number of allylic oxidation sites excluding steroid dienone is 30. The molecular formula is C97H162O16P2. The molecule has 0 saturated heterocycles. The summed E-state index contributed by atoms with van der Waals surface area (Å²) in [4.78, 5) is 58.9. The van der Waals surface area contributed by atoms with Gasteiger partial charge in [-0.3, -0.25) is 32.5 Å². The van der Waals surface area contributed by atoms with Crippen molar-refractivity contribution in [1.29, 1.82) is 0 Å². The molecule has 0 aromatic rings. The zero-order chi connectivity index (χ0) is 83.6. The SMILES string of the molecule is CC/C=C\C/C=C\C/C=C\C/C=C\C/C=C\C/C=C\CCCCCCCCCCC(=O)OCC(COP(=O)(O)OCC(O)COP(=O)(O)OCC(O)COC(=O)CCCCCCCCCCCCCCCCCCC/C=C\C/C=C\C/C=C\C/C=C\CCCCC)OC(=O)CCCCC/C=C\C/C=C\C/C=C\C/C=C\C/C=C\CC. The second-order valence-corrected chi connectivity index (χ2v) is 32.5. The summed E-state index contributed by atoms with van der Waals surface area (Å²) in [7, 11) is -9.83. The number of phosphoric ester groups is 2. The Bertz CT molecular complexity index is 2820. The van der Waals surface area contributed by atoms with Crippen molar-refractivity contribution in [3.8, 4) is 0 Å². The standard InChI is InChI=1S/C97H162O16P2/c1-4-7-10-13-16-19-22-25-28-31-34-36-38-40-42-43-44-45-46-47-49-51-52-54-57-59-62-65-68-71-74-77-80-83-95(100)107-86-92(98)87-109-114(103,104)110-88-93(99)89-111-115(105,106)112-91-94(113-97(102)85-82-79-76-73-70-67-64-61-56-33-30-27-24-21-18-15-12-9-6-3)90-108-96(101)84-81-78-75-72-69-66-63-60-58-55-53-50-48-41-39-37-35-32-29-26-23-20-17-14-11-8-5-2/h8-9,11-12,16-21,25-30,34-37,40-42,48,53,55-56,61,67,70,92-94,98-99H,4-7,10,13-15,22-24,31-33,38-39,43-47,49-52,54,57-60,62-66,68-69,71-91H2,1-3H3,(H,103,104)(H,105,106)/b11-8-,12-9-,19-16-,20-17-,21-18-,28-25-,29-26-,30-27-,36-34-,37-35-,42-40-,48-41-,55-53-,61-56-,70-67-. The Labute approximate surface area is 700 Å². The van der Waals surface area contributed by atoms with Gasteiger partial charge in [0.05, 0.1) is 26.4 Å². The number of phosphoric acid groups is 2. The normalized spacial score (nSPS) is 14.7. The lowest BCUT2D eigenvalue weighted by Crippen LogP contribution is -2.30. The fourth-order valence-corrected chi connectivity index (χ4v) is 13.4. The minimum absolute atomic E-state index is 0.0572. The molecule has 656 valence electrons. The predicted octanol–water partition coefficient (Wildman–Crippen LogP) is 27.7. The number of hydrogen-bond acceptors (Lipinski definition) is 14. The number of aliphatic hydroxyl groups is 2. The van der Waals surface area contributed by atoms with Gasteiger partial charge in [0, 0.05) is 19.3 Å². The Morgan fingerprint density at radius 3 is 0.739 bits per heavy atom. The van der Waals surface area contributed by atoms with Gasteiger partial charge in [-0.25, -0.2) is 9.13 Å². The van der Waals surface area contributed by atoms with E-state index in [4.69, 9.17) is 32.3 Å². The van der Waals surface area contributed by atoms with Crippen molar-refractivity contribution < 1.29 is 75.8 Å². The molecule has 0 aromatic carbocycles. The maximum atomic E-state index is 13.0. The van der Waals surface area contributed by atoms with Crippen molar-refractivity contribution in [2.75, 3.05) is 39.6 Å². The van der Waals surface area contributed by atoms with Crippen LogP contribution in [-0.2, 0) is 55.8 Å². The van der Waals surface area contributed by atoms with Crippen molar-refractivity contribution in [3.05, 3.63) is 182 Å². The van der Waals surface area contributed by atoms with Crippen LogP contribution in [-0.4, -0.2) is 95.9 Å². The average molecular weight is 1650 g/mol. The molecular weight excluding hydrogens is 1480 g/mol. The molecule has 0 rings (SSSR count). The highest BCUT2D eigenvalue weighted by molar-refractivity contribution is 7.47. The van der Waals surface area contributed by atoms with Crippen LogP contribution in [0.15, 0.2) is 182 Å². The molecule has 0 radical (unpaired) electrons. The molecule has 16 nitrogen and oxygen atoms in total. The highest BCUT2D eigenvalue weighted by Gasteiger charge is 2.29. The molecule has 0 spiro atoms. The number of rotatable bonds is 84. The van der Waals surface area contributed by atoms with Crippen LogP contribution in [0.2, 0.25) is 0 Å². The maximum Gasteiger partial charge on any atom is 0.472 e. The molecule has 0 aliphatic carbocycles. The van der Waals surface area contributed by atoms with Gasteiger partial charge in [-0.05, 0) is 161 Å². The van der Waals surface area contributed by atoms with Gasteiger partial charge in [-0.15, -0.1) is 0 Å². The first kappa shape index (κ1) is 110. The minimum Gasteiger partial charge on any atom is -0.463 e. The summed E-state index contributed by atoms with van der Waals surface area (Å²) in [6, 6.07) is 0. The number of carbonyl (C=O) groups excluding carboxylic acids is 3. The summed E-state index contributed by atoms with van der Waals surface area (Å²) in [5, 5.41) is 20.7. The van der Waals surface area contributed by atoms with Gasteiger partial charge < -0.3 is 34.2 Å². The maximum absolute atomic E-state index is 13.0. The zero-order valence-electron chi connectivity index (χ0n) is 72.1. The summed E-state index contributed by atoms with van der Waals surface area (Å²) in [6.45, 7) is 2.40. The molecule has 18 heteroatoms. The molecule has 5 atom stereocenters. The van der Waals surface area contributed by atoms with Gasteiger partial charge in [0.1, 0.15) is 25.4 Å². The summed E-state index contributed by atoms with van der Waals surface area (Å²) < 4.78 is 61.4. The lowest BCUT2D eigenvalue weighted by atomic mass is 10.0. The van der Waals surface area contributed by atoms with Crippen LogP contribution in [0.25, 0.3) is 0 Å². The lowest BCUT2D eigenvalue weighted by Gasteiger charge is -2.21. The Hall–Kier alpha value is -5.35. The first-order chi connectivity index (χ1) is 56.2. The highest BCUT2D eigenvalue weighted by Crippen LogP contribution is 2.45. The van der Waals surface area contributed by atoms with Crippen LogP contribution in [0.5, 0.6) is 0 Å². The predicted molar refractivity (Wildman–Crippen MR) is 481 cm³/mol. The van der Waals surface area contributed by atoms with E-state index in [0.29, 0.717) is 19.3 Å². The number of esters is 3. The van der Waals surface area contributed by atoms with E-state index in [1.54, 1.807) is 0 Å². The second-order valence-electron chi connectivity index (χ2n) is 29.6. The minimum atomic E-state index is -4.96. The van der Waals surface area contributed by atoms with E-state index >= 15 is 0 Å². The smallest absolute Gasteiger partial charge is 0.463 e. The van der Waals surface area contributed by atoms with Crippen LogP contribution in [0.4, 0.5) is 0 Å². The van der Waals surface area contributed by atoms with Crippen molar-refractivity contribution in [1.82, 2.24) is 0 Å². The van der Waals surface area contributed by atoms with E-state index in [1.807, 2.05) is 0 Å². The number of ether oxygens (including phenoxy) is 3. The van der Waals surface area contributed by atoms with Gasteiger partial charge >= 0.3 is 33.6 Å². The number of unbranched alkanes of at least 4 members (excludes halogenated alkanes) is 31. The fraction of sp³-hybridized carbons (Fsp3) is 0.660. The second kappa shape index (κ2) is 87.9. The van der Waals surface area contributed by atoms with Gasteiger partial charge in [0.25, 0.3) is 0 Å². The zero-order valence-corrected chi connectivity index (χ0v) is 73.9. The monoisotopic (exact) mass is 1650 g/mol. The van der Waals surface area contributed by atoms with E-state index < -0.39 is 91.5 Å². The Morgan fingerprint density at radius 2 is 0.461 bits per heavy atom. The molecule has 0 aliphatic rings. The molecule has 0 aromatic heterocycles. The van der Waals surface area contributed by atoms with E-state index in [0.717, 1.165) is 173 Å². The average Bonchev–Trinajstić information content (AvgIpc) is 0.902. The Kier molecular flexibility index (Phi) is 83.9. The number of aliphatic hydroxyl groups excluding tert-OH is 2. The molecule has 0 aliphatic heterocycles. The Balaban J connectivity index is 4.58. The van der Waals surface area contributed by atoms with Crippen molar-refractivity contribution in [3.63, 3.8) is 0 Å². The molecule has 4 N–H and O–H groups in total. The van der Waals surface area contributed by atoms with E-state index in [2.05, 4.69) is 203 Å². The summed E-state index contributed by atoms with van der Waals surface area (Å²) >= 11 is 0. The molecule has 5 unspecified atom stereocenters. The van der Waals surface area contributed by atoms with Crippen LogP contribution >= 0.6 is 15.6 Å². The van der Waals surface area contributed by atoms with E-state index in [-0.39, 0.29) is 19.3 Å². The molecule has 115 heavy (non-hydrogen) atoms. The number of hydrogen-bond donors (Lipinski definition) is 4. The van der Waals surface area contributed by atoms with Crippen molar-refractivity contribution in [2.24, 2.45) is 0 Å². The van der Waals surface area contributed by atoms with Gasteiger partial charge in [-0.2, -0.15) is 0 Å².